The molecule has 1 heterocycles. The fraction of sp³-hybridized carbons (Fsp3) is 0.286. The molecule has 6 heteroatoms. The lowest BCUT2D eigenvalue weighted by Gasteiger charge is -2.04. The Morgan fingerprint density at radius 1 is 1.62 bits per heavy atom. The summed E-state index contributed by atoms with van der Waals surface area (Å²) in [5.74, 6) is -0.548. The van der Waals surface area contributed by atoms with Crippen molar-refractivity contribution in [2.24, 2.45) is 0 Å². The van der Waals surface area contributed by atoms with Gasteiger partial charge < -0.3 is 10.1 Å². The fourth-order valence-corrected chi connectivity index (χ4v) is 0.953. The number of methoxy groups -OCH3 is 1. The molecule has 0 aromatic carbocycles. The Kier molecular flexibility index (Phi) is 3.02. The highest BCUT2D eigenvalue weighted by Crippen LogP contribution is 2.15. The third-order valence-electron chi connectivity index (χ3n) is 1.41. The first-order chi connectivity index (χ1) is 6.19. The standard InChI is InChI=1S/C7H8ClN3O2/c1-9-4-3-5(8)10-11-6(4)7(12)13-2/h3H,1-2H3,(H,9,10). The van der Waals surface area contributed by atoms with Crippen molar-refractivity contribution in [2.45, 2.75) is 0 Å². The van der Waals surface area contributed by atoms with E-state index in [2.05, 4.69) is 20.3 Å². The normalized spacial score (nSPS) is 9.46. The fourth-order valence-electron chi connectivity index (χ4n) is 0.806. The zero-order valence-electron chi connectivity index (χ0n) is 7.17. The van der Waals surface area contributed by atoms with Gasteiger partial charge in [0.25, 0.3) is 0 Å². The molecule has 0 fully saturated rings. The molecule has 1 aromatic heterocycles. The largest absolute Gasteiger partial charge is 0.464 e. The van der Waals surface area contributed by atoms with Crippen LogP contribution in [0.25, 0.3) is 0 Å². The first kappa shape index (κ1) is 9.73. The van der Waals surface area contributed by atoms with Crippen molar-refractivity contribution in [1.29, 1.82) is 0 Å². The molecule has 0 unspecified atom stereocenters. The Bertz CT molecular complexity index is 330. The SMILES string of the molecule is CNc1cc(Cl)nnc1C(=O)OC. The average molecular weight is 202 g/mol. The summed E-state index contributed by atoms with van der Waals surface area (Å²) in [7, 11) is 2.93. The molecule has 0 saturated heterocycles. The van der Waals surface area contributed by atoms with Crippen LogP contribution in [0.1, 0.15) is 10.5 Å². The predicted octanol–water partition coefficient (Wildman–Crippen LogP) is 0.958. The van der Waals surface area contributed by atoms with E-state index in [-0.39, 0.29) is 10.8 Å². The summed E-state index contributed by atoms with van der Waals surface area (Å²) in [6, 6.07) is 1.50. The van der Waals surface area contributed by atoms with Gasteiger partial charge in [0.05, 0.1) is 12.8 Å². The summed E-state index contributed by atoms with van der Waals surface area (Å²) < 4.78 is 4.49. The van der Waals surface area contributed by atoms with Gasteiger partial charge in [0.1, 0.15) is 0 Å². The number of ether oxygens (including phenoxy) is 1. The summed E-state index contributed by atoms with van der Waals surface area (Å²) >= 11 is 5.58. The molecule has 0 aliphatic heterocycles. The van der Waals surface area contributed by atoms with Crippen LogP contribution in [0, 0.1) is 0 Å². The maximum Gasteiger partial charge on any atom is 0.360 e. The quantitative estimate of drug-likeness (QED) is 0.722. The summed E-state index contributed by atoms with van der Waals surface area (Å²) in [6.07, 6.45) is 0. The van der Waals surface area contributed by atoms with Gasteiger partial charge >= 0.3 is 5.97 Å². The van der Waals surface area contributed by atoms with Crippen LogP contribution in [0.3, 0.4) is 0 Å². The van der Waals surface area contributed by atoms with Gasteiger partial charge in [0.15, 0.2) is 10.8 Å². The van der Waals surface area contributed by atoms with Crippen LogP contribution in [0.4, 0.5) is 5.69 Å². The second-order valence-electron chi connectivity index (χ2n) is 2.17. The lowest BCUT2D eigenvalue weighted by molar-refractivity contribution is 0.0594. The summed E-state index contributed by atoms with van der Waals surface area (Å²) in [5, 5.41) is 10.1. The third kappa shape index (κ3) is 2.06. The number of nitrogens with zero attached hydrogens (tertiary/aromatic N) is 2. The highest BCUT2D eigenvalue weighted by Gasteiger charge is 2.13. The van der Waals surface area contributed by atoms with Crippen molar-refractivity contribution >= 4 is 23.3 Å². The van der Waals surface area contributed by atoms with E-state index in [9.17, 15) is 4.79 Å². The lowest BCUT2D eigenvalue weighted by Crippen LogP contribution is -2.09. The molecule has 0 amide bonds. The maximum absolute atomic E-state index is 11.1. The zero-order valence-corrected chi connectivity index (χ0v) is 7.92. The molecule has 0 radical (unpaired) electrons. The molecule has 0 aliphatic rings. The Morgan fingerprint density at radius 3 is 2.85 bits per heavy atom. The number of anilines is 1. The maximum atomic E-state index is 11.1. The number of hydrogen-bond donors (Lipinski definition) is 1. The predicted molar refractivity (Wildman–Crippen MR) is 47.9 cm³/mol. The second kappa shape index (κ2) is 4.04. The molecule has 0 aliphatic carbocycles. The van der Waals surface area contributed by atoms with E-state index in [1.807, 2.05) is 0 Å². The average Bonchev–Trinajstić information content (AvgIpc) is 2.16. The first-order valence-corrected chi connectivity index (χ1v) is 3.86. The van der Waals surface area contributed by atoms with Gasteiger partial charge in [-0.15, -0.1) is 10.2 Å². The molecule has 0 bridgehead atoms. The molecular weight excluding hydrogens is 194 g/mol. The van der Waals surface area contributed by atoms with Crippen LogP contribution in [-0.2, 0) is 4.74 Å². The lowest BCUT2D eigenvalue weighted by atomic mass is 10.3. The van der Waals surface area contributed by atoms with Gasteiger partial charge in [0.2, 0.25) is 0 Å². The Morgan fingerprint density at radius 2 is 2.31 bits per heavy atom. The molecular formula is C7H8ClN3O2. The minimum Gasteiger partial charge on any atom is -0.464 e. The summed E-state index contributed by atoms with van der Waals surface area (Å²) in [4.78, 5) is 11.1. The van der Waals surface area contributed by atoms with E-state index in [1.165, 1.54) is 13.2 Å². The molecule has 1 N–H and O–H groups in total. The Hall–Kier alpha value is -1.36. The van der Waals surface area contributed by atoms with E-state index in [1.54, 1.807) is 7.05 Å². The molecule has 0 spiro atoms. The van der Waals surface area contributed by atoms with E-state index in [0.29, 0.717) is 5.69 Å². The minimum absolute atomic E-state index is 0.120. The molecule has 5 nitrogen and oxygen atoms in total. The highest BCUT2D eigenvalue weighted by molar-refractivity contribution is 6.29. The number of aromatic nitrogens is 2. The van der Waals surface area contributed by atoms with E-state index >= 15 is 0 Å². The van der Waals surface area contributed by atoms with Crippen molar-refractivity contribution in [3.63, 3.8) is 0 Å². The van der Waals surface area contributed by atoms with Gasteiger partial charge in [-0.2, -0.15) is 0 Å². The number of esters is 1. The third-order valence-corrected chi connectivity index (χ3v) is 1.60. The van der Waals surface area contributed by atoms with Crippen LogP contribution in [0.15, 0.2) is 6.07 Å². The number of carbonyl (C=O) groups excluding carboxylic acids is 1. The van der Waals surface area contributed by atoms with Gasteiger partial charge in [-0.3, -0.25) is 0 Å². The van der Waals surface area contributed by atoms with Crippen LogP contribution in [0.2, 0.25) is 5.15 Å². The van der Waals surface area contributed by atoms with Crippen LogP contribution in [0.5, 0.6) is 0 Å². The van der Waals surface area contributed by atoms with Crippen molar-refractivity contribution in [3.8, 4) is 0 Å². The Labute approximate surface area is 80.1 Å². The van der Waals surface area contributed by atoms with Crippen molar-refractivity contribution < 1.29 is 9.53 Å². The zero-order chi connectivity index (χ0) is 9.84. The van der Waals surface area contributed by atoms with Crippen molar-refractivity contribution in [2.75, 3.05) is 19.5 Å². The van der Waals surface area contributed by atoms with E-state index < -0.39 is 5.97 Å². The monoisotopic (exact) mass is 201 g/mol. The molecule has 13 heavy (non-hydrogen) atoms. The van der Waals surface area contributed by atoms with E-state index in [4.69, 9.17) is 11.6 Å². The van der Waals surface area contributed by atoms with Gasteiger partial charge in [-0.05, 0) is 0 Å². The number of hydrogen-bond acceptors (Lipinski definition) is 5. The van der Waals surface area contributed by atoms with Crippen molar-refractivity contribution in [3.05, 3.63) is 16.9 Å². The molecule has 1 rings (SSSR count). The number of rotatable bonds is 2. The van der Waals surface area contributed by atoms with Gasteiger partial charge in [-0.1, -0.05) is 11.6 Å². The molecule has 1 aromatic rings. The number of carbonyl (C=O) groups is 1. The van der Waals surface area contributed by atoms with Gasteiger partial charge in [0, 0.05) is 13.1 Å². The van der Waals surface area contributed by atoms with Crippen LogP contribution < -0.4 is 5.32 Å². The Balaban J connectivity index is 3.13. The molecule has 0 atom stereocenters. The summed E-state index contributed by atoms with van der Waals surface area (Å²) in [5.41, 5.74) is 0.612. The van der Waals surface area contributed by atoms with Crippen LogP contribution in [-0.4, -0.2) is 30.3 Å². The molecule has 0 saturated carbocycles. The first-order valence-electron chi connectivity index (χ1n) is 3.48. The minimum atomic E-state index is -0.548. The smallest absolute Gasteiger partial charge is 0.360 e. The van der Waals surface area contributed by atoms with E-state index in [0.717, 1.165) is 0 Å². The highest BCUT2D eigenvalue weighted by atomic mass is 35.5. The number of halogens is 1. The second-order valence-corrected chi connectivity index (χ2v) is 2.56. The van der Waals surface area contributed by atoms with Gasteiger partial charge in [-0.25, -0.2) is 4.79 Å². The molecule has 70 valence electrons. The topological polar surface area (TPSA) is 64.1 Å². The van der Waals surface area contributed by atoms with Crippen molar-refractivity contribution in [1.82, 2.24) is 10.2 Å². The summed E-state index contributed by atoms with van der Waals surface area (Å²) in [6.45, 7) is 0. The number of nitrogens with one attached hydrogen (secondary N) is 1. The van der Waals surface area contributed by atoms with Crippen LogP contribution >= 0.6 is 11.6 Å².